The maximum atomic E-state index is 11.8. The highest BCUT2D eigenvalue weighted by Gasteiger charge is 2.27. The van der Waals surface area contributed by atoms with Crippen molar-refractivity contribution in [2.45, 2.75) is 26.9 Å². The Balaban J connectivity index is 1.74. The fourth-order valence-electron chi connectivity index (χ4n) is 3.36. The summed E-state index contributed by atoms with van der Waals surface area (Å²) in [5.74, 6) is 0.635. The van der Waals surface area contributed by atoms with Crippen LogP contribution in [-0.4, -0.2) is 6.73 Å². The lowest BCUT2D eigenvalue weighted by atomic mass is 10.0. The number of hydrogen-bond donors (Lipinski definition) is 1. The molecule has 128 valence electrons. The number of rotatable bonds is 2. The molecule has 0 aliphatic carbocycles. The molecule has 0 fully saturated rings. The number of hydrogen-bond acceptors (Lipinski definition) is 3. The Labute approximate surface area is 150 Å². The first-order valence-electron chi connectivity index (χ1n) is 8.29. The summed E-state index contributed by atoms with van der Waals surface area (Å²) in [6.45, 7) is 6.04. The Hall–Kier alpha value is -2.30. The van der Waals surface area contributed by atoms with Crippen LogP contribution in [0.5, 0.6) is 5.75 Å². The van der Waals surface area contributed by atoms with Gasteiger partial charge in [-0.1, -0.05) is 41.4 Å². The highest BCUT2D eigenvalue weighted by atomic mass is 35.5. The molecule has 4 rings (SSSR count). The molecule has 4 nitrogen and oxygen atoms in total. The van der Waals surface area contributed by atoms with E-state index in [2.05, 4.69) is 31.2 Å². The molecule has 1 aromatic heterocycles. The molecule has 1 aliphatic heterocycles. The van der Waals surface area contributed by atoms with E-state index < -0.39 is 0 Å². The SMILES string of the molecule is Cc1ccc(C[NH+]2COc3c(Cl)cc4c(C)cc(=O)oc4c3C2)cc1. The minimum atomic E-state index is -0.347. The minimum absolute atomic E-state index is 0.347. The highest BCUT2D eigenvalue weighted by Crippen LogP contribution is 2.36. The maximum absolute atomic E-state index is 11.8. The van der Waals surface area contributed by atoms with Gasteiger partial charge in [-0.2, -0.15) is 0 Å². The van der Waals surface area contributed by atoms with E-state index in [0.29, 0.717) is 29.6 Å². The van der Waals surface area contributed by atoms with Crippen molar-refractivity contribution >= 4 is 22.6 Å². The van der Waals surface area contributed by atoms with E-state index in [-0.39, 0.29) is 5.63 Å². The van der Waals surface area contributed by atoms with Crippen LogP contribution in [0, 0.1) is 13.8 Å². The molecule has 1 unspecified atom stereocenters. The van der Waals surface area contributed by atoms with E-state index in [4.69, 9.17) is 20.8 Å². The van der Waals surface area contributed by atoms with Gasteiger partial charge in [0.05, 0.1) is 10.6 Å². The van der Waals surface area contributed by atoms with Crippen molar-refractivity contribution in [2.75, 3.05) is 6.73 Å². The monoisotopic (exact) mass is 356 g/mol. The second kappa shape index (κ2) is 6.21. The molecule has 2 heterocycles. The first kappa shape index (κ1) is 16.2. The number of nitrogens with one attached hydrogen (secondary N) is 1. The lowest BCUT2D eigenvalue weighted by Gasteiger charge is -2.27. The van der Waals surface area contributed by atoms with Crippen LogP contribution in [0.4, 0.5) is 0 Å². The van der Waals surface area contributed by atoms with Crippen LogP contribution in [0.25, 0.3) is 11.0 Å². The average molecular weight is 357 g/mol. The number of fused-ring (bicyclic) bond motifs is 3. The van der Waals surface area contributed by atoms with Crippen molar-refractivity contribution in [3.8, 4) is 5.75 Å². The Bertz CT molecular complexity index is 1010. The fraction of sp³-hybridized carbons (Fsp3) is 0.250. The van der Waals surface area contributed by atoms with Gasteiger partial charge in [0.25, 0.3) is 0 Å². The van der Waals surface area contributed by atoms with Crippen LogP contribution in [0.3, 0.4) is 0 Å². The van der Waals surface area contributed by atoms with Crippen molar-refractivity contribution in [3.63, 3.8) is 0 Å². The summed E-state index contributed by atoms with van der Waals surface area (Å²) in [6, 6.07) is 11.8. The van der Waals surface area contributed by atoms with Gasteiger partial charge in [-0.25, -0.2) is 4.79 Å². The molecule has 0 amide bonds. The van der Waals surface area contributed by atoms with E-state index >= 15 is 0 Å². The predicted octanol–water partition coefficient (Wildman–Crippen LogP) is 3.00. The largest absolute Gasteiger partial charge is 0.443 e. The van der Waals surface area contributed by atoms with Crippen molar-refractivity contribution in [3.05, 3.63) is 74.1 Å². The van der Waals surface area contributed by atoms with Gasteiger partial charge in [0, 0.05) is 17.0 Å². The normalized spacial score (nSPS) is 16.5. The van der Waals surface area contributed by atoms with E-state index in [1.165, 1.54) is 22.1 Å². The lowest BCUT2D eigenvalue weighted by Crippen LogP contribution is -3.10. The zero-order valence-corrected chi connectivity index (χ0v) is 14.9. The number of halogens is 1. The van der Waals surface area contributed by atoms with Crippen LogP contribution >= 0.6 is 11.6 Å². The quantitative estimate of drug-likeness (QED) is 0.718. The van der Waals surface area contributed by atoms with Gasteiger partial charge in [-0.15, -0.1) is 0 Å². The molecule has 5 heteroatoms. The van der Waals surface area contributed by atoms with Crippen LogP contribution in [0.2, 0.25) is 5.02 Å². The summed E-state index contributed by atoms with van der Waals surface area (Å²) >= 11 is 6.40. The molecule has 1 N–H and O–H groups in total. The van der Waals surface area contributed by atoms with Crippen LogP contribution in [-0.2, 0) is 13.1 Å². The molecular weight excluding hydrogens is 338 g/mol. The molecule has 0 saturated carbocycles. The van der Waals surface area contributed by atoms with Gasteiger partial charge >= 0.3 is 5.63 Å². The molecule has 0 spiro atoms. The van der Waals surface area contributed by atoms with Crippen LogP contribution < -0.4 is 15.3 Å². The van der Waals surface area contributed by atoms with Crippen molar-refractivity contribution in [1.29, 1.82) is 0 Å². The first-order valence-corrected chi connectivity index (χ1v) is 8.67. The number of benzene rings is 2. The summed E-state index contributed by atoms with van der Waals surface area (Å²) in [4.78, 5) is 13.1. The zero-order valence-electron chi connectivity index (χ0n) is 14.2. The van der Waals surface area contributed by atoms with E-state index in [1.807, 2.05) is 13.0 Å². The van der Waals surface area contributed by atoms with Gasteiger partial charge in [-0.3, -0.25) is 4.90 Å². The Morgan fingerprint density at radius 1 is 1.16 bits per heavy atom. The predicted molar refractivity (Wildman–Crippen MR) is 97.3 cm³/mol. The molecule has 1 aliphatic rings. The third-order valence-electron chi connectivity index (χ3n) is 4.66. The lowest BCUT2D eigenvalue weighted by molar-refractivity contribution is -0.945. The van der Waals surface area contributed by atoms with Crippen LogP contribution in [0.15, 0.2) is 45.6 Å². The second-order valence-corrected chi connectivity index (χ2v) is 7.08. The standard InChI is InChI=1S/C20H18ClNO3/c1-12-3-5-14(6-4-12)9-22-10-16-19-15(13(2)7-18(23)25-19)8-17(21)20(16)24-11-22/h3-8H,9-11H2,1-2H3/p+1. The van der Waals surface area contributed by atoms with Gasteiger partial charge in [0.1, 0.15) is 13.1 Å². The van der Waals surface area contributed by atoms with Crippen LogP contribution in [0.1, 0.15) is 22.3 Å². The molecule has 1 atom stereocenters. The molecule has 0 bridgehead atoms. The molecular formula is C20H19ClNO3+. The molecule has 0 saturated heterocycles. The van der Waals surface area contributed by atoms with Crippen molar-refractivity contribution in [1.82, 2.24) is 0 Å². The molecule has 0 radical (unpaired) electrons. The van der Waals surface area contributed by atoms with Gasteiger partial charge in [-0.05, 0) is 25.5 Å². The third-order valence-corrected chi connectivity index (χ3v) is 4.95. The summed E-state index contributed by atoms with van der Waals surface area (Å²) in [5.41, 5.74) is 4.47. The maximum Gasteiger partial charge on any atom is 0.336 e. The highest BCUT2D eigenvalue weighted by molar-refractivity contribution is 6.33. The van der Waals surface area contributed by atoms with E-state index in [0.717, 1.165) is 23.1 Å². The minimum Gasteiger partial charge on any atom is -0.443 e. The zero-order chi connectivity index (χ0) is 17.6. The summed E-state index contributed by atoms with van der Waals surface area (Å²) in [5, 5.41) is 1.43. The first-order chi connectivity index (χ1) is 12.0. The molecule has 25 heavy (non-hydrogen) atoms. The summed E-state index contributed by atoms with van der Waals surface area (Å²) in [6.07, 6.45) is 0. The van der Waals surface area contributed by atoms with E-state index in [1.54, 1.807) is 0 Å². The topological polar surface area (TPSA) is 43.9 Å². The van der Waals surface area contributed by atoms with E-state index in [9.17, 15) is 4.79 Å². The molecule has 3 aromatic rings. The van der Waals surface area contributed by atoms with Gasteiger partial charge in [0.2, 0.25) is 6.73 Å². The summed E-state index contributed by atoms with van der Waals surface area (Å²) < 4.78 is 11.4. The van der Waals surface area contributed by atoms with Gasteiger partial charge in [0.15, 0.2) is 11.3 Å². The smallest absolute Gasteiger partial charge is 0.336 e. The second-order valence-electron chi connectivity index (χ2n) is 6.67. The Morgan fingerprint density at radius 2 is 1.92 bits per heavy atom. The number of ether oxygens (including phenoxy) is 1. The summed E-state index contributed by atoms with van der Waals surface area (Å²) in [7, 11) is 0. The number of aryl methyl sites for hydroxylation is 2. The molecule has 2 aromatic carbocycles. The Kier molecular flexibility index (Phi) is 4.02. The fourth-order valence-corrected chi connectivity index (χ4v) is 3.64. The Morgan fingerprint density at radius 3 is 2.68 bits per heavy atom. The third kappa shape index (κ3) is 3.03. The van der Waals surface area contributed by atoms with Crippen molar-refractivity contribution in [2.24, 2.45) is 0 Å². The average Bonchev–Trinajstić information content (AvgIpc) is 2.58. The van der Waals surface area contributed by atoms with Gasteiger partial charge < -0.3 is 9.15 Å². The van der Waals surface area contributed by atoms with Crippen molar-refractivity contribution < 1.29 is 14.1 Å². The number of quaternary nitrogens is 1.